The summed E-state index contributed by atoms with van der Waals surface area (Å²) in [5, 5.41) is 0. The first kappa shape index (κ1) is 18.2. The molecule has 0 radical (unpaired) electrons. The van der Waals surface area contributed by atoms with Crippen LogP contribution in [0.5, 0.6) is 0 Å². The summed E-state index contributed by atoms with van der Waals surface area (Å²) in [5.74, 6) is 6.31. The molecule has 0 aromatic rings. The number of rotatable bonds is 1. The maximum atomic E-state index is 12.7. The minimum atomic E-state index is 0.0179. The van der Waals surface area contributed by atoms with Crippen LogP contribution in [0, 0.1) is 34.5 Å². The number of thioether (sulfide) groups is 2. The molecule has 4 aliphatic carbocycles. The Bertz CT molecular complexity index is 649. The number of allylic oxidation sites excluding steroid dienone is 1. The quantitative estimate of drug-likeness (QED) is 0.487. The van der Waals surface area contributed by atoms with Gasteiger partial charge in [0.15, 0.2) is 0 Å². The summed E-state index contributed by atoms with van der Waals surface area (Å²) in [7, 11) is 0. The van der Waals surface area contributed by atoms with E-state index < -0.39 is 0 Å². The van der Waals surface area contributed by atoms with Gasteiger partial charge in [0.25, 0.3) is 0 Å². The Morgan fingerprint density at radius 2 is 1.77 bits per heavy atom. The Labute approximate surface area is 167 Å². The molecular weight excluding hydrogens is 356 g/mol. The lowest BCUT2D eigenvalue weighted by molar-refractivity contribution is -0.133. The molecule has 0 N–H and O–H groups in total. The molecule has 0 unspecified atom stereocenters. The molecular formula is C23H34OS2. The summed E-state index contributed by atoms with van der Waals surface area (Å²) in [4.78, 5) is 12.7. The molecule has 1 nitrogen and oxygen atoms in total. The van der Waals surface area contributed by atoms with Gasteiger partial charge in [0.05, 0.1) is 4.08 Å². The average Bonchev–Trinajstić information content (AvgIpc) is 3.20. The fourth-order valence-electron chi connectivity index (χ4n) is 7.75. The van der Waals surface area contributed by atoms with Crippen LogP contribution < -0.4 is 0 Å². The summed E-state index contributed by atoms with van der Waals surface area (Å²) in [6.45, 7) is 7.35. The number of hydrogen-bond donors (Lipinski definition) is 0. The number of fused-ring (bicyclic) bond motifs is 5. The van der Waals surface area contributed by atoms with Crippen molar-refractivity contribution in [2.45, 2.75) is 76.2 Å². The van der Waals surface area contributed by atoms with Crippen molar-refractivity contribution < 1.29 is 4.79 Å². The second-order valence-electron chi connectivity index (χ2n) is 10.2. The van der Waals surface area contributed by atoms with E-state index in [-0.39, 0.29) is 5.41 Å². The first-order chi connectivity index (χ1) is 12.4. The van der Waals surface area contributed by atoms with E-state index in [0.717, 1.165) is 30.6 Å². The lowest BCUT2D eigenvalue weighted by Gasteiger charge is -2.60. The minimum absolute atomic E-state index is 0.0179. The van der Waals surface area contributed by atoms with E-state index in [1.54, 1.807) is 0 Å². The summed E-state index contributed by atoms with van der Waals surface area (Å²) in [6.07, 6.45) is 12.7. The Hall–Kier alpha value is 0.110. The molecule has 1 heterocycles. The van der Waals surface area contributed by atoms with E-state index in [2.05, 4.69) is 50.4 Å². The maximum Gasteiger partial charge on any atom is 0.139 e. The lowest BCUT2D eigenvalue weighted by Crippen LogP contribution is -2.53. The average molecular weight is 391 g/mol. The molecule has 0 aromatic heterocycles. The molecule has 0 bridgehead atoms. The van der Waals surface area contributed by atoms with Crippen LogP contribution in [0.25, 0.3) is 0 Å². The number of Topliss-reactive ketones (excluding diaryl/α,β-unsaturated/α-hetero) is 1. The third kappa shape index (κ3) is 2.34. The van der Waals surface area contributed by atoms with Crippen molar-refractivity contribution in [2.75, 3.05) is 11.5 Å². The maximum absolute atomic E-state index is 12.7. The van der Waals surface area contributed by atoms with E-state index in [4.69, 9.17) is 0 Å². The van der Waals surface area contributed by atoms with Crippen LogP contribution >= 0.6 is 23.5 Å². The normalized spacial score (nSPS) is 49.5. The Morgan fingerprint density at radius 3 is 2.50 bits per heavy atom. The van der Waals surface area contributed by atoms with Gasteiger partial charge in [-0.25, -0.2) is 0 Å². The molecule has 144 valence electrons. The van der Waals surface area contributed by atoms with E-state index in [1.807, 2.05) is 5.57 Å². The second kappa shape index (κ2) is 6.05. The second-order valence-corrected chi connectivity index (χ2v) is 13.3. The van der Waals surface area contributed by atoms with Crippen LogP contribution in [-0.4, -0.2) is 21.4 Å². The molecule has 5 rings (SSSR count). The summed E-state index contributed by atoms with van der Waals surface area (Å²) in [6, 6.07) is 0. The van der Waals surface area contributed by atoms with Crippen molar-refractivity contribution in [1.82, 2.24) is 0 Å². The highest BCUT2D eigenvalue weighted by Crippen LogP contribution is 2.68. The highest BCUT2D eigenvalue weighted by atomic mass is 32.2. The van der Waals surface area contributed by atoms with Crippen LogP contribution in [0.3, 0.4) is 0 Å². The smallest absolute Gasteiger partial charge is 0.139 e. The predicted molar refractivity (Wildman–Crippen MR) is 114 cm³/mol. The van der Waals surface area contributed by atoms with Crippen LogP contribution in [0.4, 0.5) is 0 Å². The zero-order valence-electron chi connectivity index (χ0n) is 16.7. The van der Waals surface area contributed by atoms with Gasteiger partial charge in [-0.05, 0) is 74.0 Å². The van der Waals surface area contributed by atoms with Gasteiger partial charge in [0, 0.05) is 23.3 Å². The molecule has 3 heteroatoms. The fraction of sp³-hybridized carbons (Fsp3) is 0.870. The van der Waals surface area contributed by atoms with Crippen molar-refractivity contribution in [3.8, 4) is 0 Å². The highest BCUT2D eigenvalue weighted by Gasteiger charge is 2.61. The van der Waals surface area contributed by atoms with Crippen molar-refractivity contribution in [1.29, 1.82) is 0 Å². The van der Waals surface area contributed by atoms with E-state index in [9.17, 15) is 4.79 Å². The third-order valence-corrected chi connectivity index (χ3v) is 12.7. The zero-order valence-corrected chi connectivity index (χ0v) is 18.3. The van der Waals surface area contributed by atoms with Gasteiger partial charge in [-0.2, -0.15) is 0 Å². The van der Waals surface area contributed by atoms with Gasteiger partial charge in [-0.1, -0.05) is 32.4 Å². The third-order valence-electron chi connectivity index (χ3n) is 9.26. The molecule has 26 heavy (non-hydrogen) atoms. The van der Waals surface area contributed by atoms with E-state index >= 15 is 0 Å². The number of ketones is 1. The van der Waals surface area contributed by atoms with Gasteiger partial charge >= 0.3 is 0 Å². The van der Waals surface area contributed by atoms with Crippen molar-refractivity contribution in [3.05, 3.63) is 11.6 Å². The Morgan fingerprint density at radius 1 is 1.04 bits per heavy atom. The first-order valence-electron chi connectivity index (χ1n) is 11.0. The zero-order chi connectivity index (χ0) is 18.2. The SMILES string of the molecule is CC[C@@H]1C[C@@H]2[C@H](CC[C@]3(C)C(=O)CC[C@@H]23)[C@@]2(C)CCC3(C=C12)SCCS3. The molecule has 5 aliphatic rings. The summed E-state index contributed by atoms with van der Waals surface area (Å²) in [5.41, 5.74) is 2.26. The van der Waals surface area contributed by atoms with Gasteiger partial charge < -0.3 is 0 Å². The first-order valence-corrected chi connectivity index (χ1v) is 12.9. The van der Waals surface area contributed by atoms with Crippen LogP contribution in [0.15, 0.2) is 11.6 Å². The Balaban J connectivity index is 1.54. The minimum Gasteiger partial charge on any atom is -0.299 e. The summed E-state index contributed by atoms with van der Waals surface area (Å²) < 4.78 is 0.404. The van der Waals surface area contributed by atoms with Gasteiger partial charge in [-0.15, -0.1) is 23.5 Å². The standard InChI is InChI=1S/C23H34OS2/c1-4-15-13-16-17-5-6-20(24)22(17,3)8-7-18(16)21(2)9-10-23(14-19(15)21)25-11-12-26-23/h14-18H,4-13H2,1-3H3/t15-,16+,17+,18+,21-,22+/m1/s1. The van der Waals surface area contributed by atoms with Gasteiger partial charge in [-0.3, -0.25) is 4.79 Å². The molecule has 4 fully saturated rings. The van der Waals surface area contributed by atoms with Gasteiger partial charge in [0.1, 0.15) is 5.78 Å². The predicted octanol–water partition coefficient (Wildman–Crippen LogP) is 6.33. The molecule has 0 aromatic carbocycles. The van der Waals surface area contributed by atoms with E-state index in [0.29, 0.717) is 21.2 Å². The molecule has 6 atom stereocenters. The Kier molecular flexibility index (Phi) is 4.23. The van der Waals surface area contributed by atoms with Crippen LogP contribution in [0.2, 0.25) is 0 Å². The van der Waals surface area contributed by atoms with Crippen LogP contribution in [0.1, 0.15) is 72.1 Å². The van der Waals surface area contributed by atoms with E-state index in [1.165, 1.54) is 50.0 Å². The lowest BCUT2D eigenvalue weighted by atomic mass is 9.45. The van der Waals surface area contributed by atoms with Crippen LogP contribution in [-0.2, 0) is 4.79 Å². The van der Waals surface area contributed by atoms with Crippen molar-refractivity contribution >= 4 is 29.3 Å². The molecule has 1 aliphatic heterocycles. The van der Waals surface area contributed by atoms with Gasteiger partial charge in [0.2, 0.25) is 0 Å². The van der Waals surface area contributed by atoms with Crippen molar-refractivity contribution in [3.63, 3.8) is 0 Å². The molecule has 1 spiro atoms. The molecule has 0 amide bonds. The topological polar surface area (TPSA) is 17.1 Å². The number of carbonyl (C=O) groups excluding carboxylic acids is 1. The number of hydrogen-bond acceptors (Lipinski definition) is 3. The number of carbonyl (C=O) groups is 1. The highest BCUT2D eigenvalue weighted by molar-refractivity contribution is 8.21. The van der Waals surface area contributed by atoms with Crippen molar-refractivity contribution in [2.24, 2.45) is 34.5 Å². The summed E-state index contributed by atoms with van der Waals surface area (Å²) >= 11 is 4.44. The largest absolute Gasteiger partial charge is 0.299 e. The fourth-order valence-corrected chi connectivity index (χ4v) is 10.9. The molecule has 1 saturated heterocycles. The monoisotopic (exact) mass is 390 g/mol. The molecule has 3 saturated carbocycles.